The van der Waals surface area contributed by atoms with Crippen LogP contribution in [0, 0.1) is 47.3 Å². The zero-order chi connectivity index (χ0) is 34.6. The third kappa shape index (κ3) is 31.2. The molecule has 46 heavy (non-hydrogen) atoms. The van der Waals surface area contributed by atoms with Crippen LogP contribution in [0.1, 0.15) is 198 Å². The topological polar surface area (TPSA) is 38.7 Å². The van der Waals surface area contributed by atoms with Crippen molar-refractivity contribution in [2.45, 2.75) is 204 Å². The Labute approximate surface area is 291 Å². The summed E-state index contributed by atoms with van der Waals surface area (Å²) in [4.78, 5) is 0. The molecule has 278 valence electrons. The second-order valence-electron chi connectivity index (χ2n) is 17.3. The highest BCUT2D eigenvalue weighted by molar-refractivity contribution is 4.64. The summed E-state index contributed by atoms with van der Waals surface area (Å²) < 4.78 is 11.9. The van der Waals surface area contributed by atoms with Gasteiger partial charge in [0.1, 0.15) is 6.10 Å². The lowest BCUT2D eigenvalue weighted by molar-refractivity contribution is -0.0471. The molecular weight excluding hydrogens is 564 g/mol. The SMILES string of the molecule is CC(C)CCCC(C)CCCC(C)CCCC(C)CCOC[C@@H](CO)OCCC(C)CCCC(C)CCCC(C)CCCC(C)C. The van der Waals surface area contributed by atoms with Crippen LogP contribution in [0.3, 0.4) is 0 Å². The standard InChI is InChI=1S/C43H88O3/c1-35(2)17-11-19-37(5)21-13-23-39(7)25-15-27-41(9)29-31-45-34-43(33-44)46-32-30-42(10)28-16-26-40(8)24-14-22-38(6)20-12-18-36(3)4/h35-44H,11-34H2,1-10H3/t37?,38?,39?,40?,41?,42?,43-/m1/s1. The maximum absolute atomic E-state index is 9.78. The summed E-state index contributed by atoms with van der Waals surface area (Å²) in [6.45, 7) is 25.9. The van der Waals surface area contributed by atoms with Crippen LogP contribution in [0.4, 0.5) is 0 Å². The van der Waals surface area contributed by atoms with Gasteiger partial charge in [-0.15, -0.1) is 0 Å². The molecule has 0 bridgehead atoms. The number of aliphatic hydroxyl groups excluding tert-OH is 1. The predicted molar refractivity (Wildman–Crippen MR) is 205 cm³/mol. The zero-order valence-electron chi connectivity index (χ0n) is 33.4. The lowest BCUT2D eigenvalue weighted by atomic mass is 9.91. The van der Waals surface area contributed by atoms with Crippen molar-refractivity contribution in [3.8, 4) is 0 Å². The summed E-state index contributed by atoms with van der Waals surface area (Å²) in [5.41, 5.74) is 0. The van der Waals surface area contributed by atoms with Crippen molar-refractivity contribution < 1.29 is 14.6 Å². The Kier molecular flexibility index (Phi) is 30.8. The van der Waals surface area contributed by atoms with Crippen LogP contribution in [-0.2, 0) is 9.47 Å². The molecule has 0 rings (SSSR count). The monoisotopic (exact) mass is 653 g/mol. The van der Waals surface area contributed by atoms with Crippen molar-refractivity contribution in [1.82, 2.24) is 0 Å². The van der Waals surface area contributed by atoms with Gasteiger partial charge < -0.3 is 14.6 Å². The quantitative estimate of drug-likeness (QED) is 0.0703. The van der Waals surface area contributed by atoms with E-state index in [1.807, 2.05) is 0 Å². The van der Waals surface area contributed by atoms with Gasteiger partial charge in [0.15, 0.2) is 0 Å². The van der Waals surface area contributed by atoms with Crippen molar-refractivity contribution in [2.24, 2.45) is 47.3 Å². The van der Waals surface area contributed by atoms with Gasteiger partial charge >= 0.3 is 0 Å². The summed E-state index contributed by atoms with van der Waals surface area (Å²) in [5.74, 6) is 6.57. The Bertz CT molecular complexity index is 619. The average molecular weight is 653 g/mol. The van der Waals surface area contributed by atoms with E-state index in [-0.39, 0.29) is 12.7 Å². The highest BCUT2D eigenvalue weighted by atomic mass is 16.5. The summed E-state index contributed by atoms with van der Waals surface area (Å²) in [7, 11) is 0. The molecule has 0 aromatic carbocycles. The molecule has 0 aromatic heterocycles. The Morgan fingerprint density at radius 3 is 0.957 bits per heavy atom. The molecule has 0 heterocycles. The Hall–Kier alpha value is -0.120. The van der Waals surface area contributed by atoms with E-state index in [9.17, 15) is 5.11 Å². The minimum Gasteiger partial charge on any atom is -0.394 e. The first-order chi connectivity index (χ1) is 21.9. The normalized spacial score (nSPS) is 16.9. The lowest BCUT2D eigenvalue weighted by Crippen LogP contribution is -2.25. The highest BCUT2D eigenvalue weighted by Gasteiger charge is 2.13. The number of hydrogen-bond acceptors (Lipinski definition) is 3. The molecule has 0 amide bonds. The molecule has 0 radical (unpaired) electrons. The van der Waals surface area contributed by atoms with E-state index in [0.717, 1.165) is 61.6 Å². The molecule has 7 atom stereocenters. The molecule has 0 saturated carbocycles. The second-order valence-corrected chi connectivity index (χ2v) is 17.3. The third-order valence-electron chi connectivity index (χ3n) is 10.8. The maximum Gasteiger partial charge on any atom is 0.104 e. The number of rotatable bonds is 34. The second kappa shape index (κ2) is 30.9. The van der Waals surface area contributed by atoms with Crippen molar-refractivity contribution in [2.75, 3.05) is 26.4 Å². The van der Waals surface area contributed by atoms with Crippen molar-refractivity contribution in [1.29, 1.82) is 0 Å². The Morgan fingerprint density at radius 2 is 0.652 bits per heavy atom. The molecule has 3 nitrogen and oxygen atoms in total. The minimum atomic E-state index is -0.186. The van der Waals surface area contributed by atoms with E-state index in [1.54, 1.807) is 0 Å². The molecule has 0 saturated heterocycles. The first-order valence-corrected chi connectivity index (χ1v) is 20.7. The third-order valence-corrected chi connectivity index (χ3v) is 10.8. The molecule has 3 heteroatoms. The predicted octanol–water partition coefficient (Wildman–Crippen LogP) is 13.3. The zero-order valence-corrected chi connectivity index (χ0v) is 33.4. The van der Waals surface area contributed by atoms with Crippen LogP contribution >= 0.6 is 0 Å². The van der Waals surface area contributed by atoms with Crippen LogP contribution in [0.15, 0.2) is 0 Å². The lowest BCUT2D eigenvalue weighted by Gasteiger charge is -2.19. The molecule has 0 spiro atoms. The van der Waals surface area contributed by atoms with Gasteiger partial charge in [-0.3, -0.25) is 0 Å². The summed E-state index contributed by atoms with van der Waals surface area (Å²) in [6.07, 6.45) is 26.8. The highest BCUT2D eigenvalue weighted by Crippen LogP contribution is 2.24. The van der Waals surface area contributed by atoms with E-state index >= 15 is 0 Å². The van der Waals surface area contributed by atoms with Gasteiger partial charge in [0, 0.05) is 13.2 Å². The molecule has 0 aliphatic carbocycles. The van der Waals surface area contributed by atoms with Gasteiger partial charge in [-0.25, -0.2) is 0 Å². The van der Waals surface area contributed by atoms with Gasteiger partial charge in [0.25, 0.3) is 0 Å². The minimum absolute atomic E-state index is 0.0480. The number of hydrogen-bond donors (Lipinski definition) is 1. The van der Waals surface area contributed by atoms with E-state index in [0.29, 0.717) is 18.4 Å². The van der Waals surface area contributed by atoms with Gasteiger partial charge in [-0.2, -0.15) is 0 Å². The number of aliphatic hydroxyl groups is 1. The van der Waals surface area contributed by atoms with Crippen molar-refractivity contribution >= 4 is 0 Å². The van der Waals surface area contributed by atoms with E-state index in [2.05, 4.69) is 69.2 Å². The van der Waals surface area contributed by atoms with Crippen LogP contribution in [0.5, 0.6) is 0 Å². The smallest absolute Gasteiger partial charge is 0.104 e. The van der Waals surface area contributed by atoms with E-state index in [1.165, 1.54) is 116 Å². The average Bonchev–Trinajstić information content (AvgIpc) is 2.98. The maximum atomic E-state index is 9.78. The van der Waals surface area contributed by atoms with E-state index in [4.69, 9.17) is 9.47 Å². The fraction of sp³-hybridized carbons (Fsp3) is 1.00. The van der Waals surface area contributed by atoms with E-state index < -0.39 is 0 Å². The molecule has 0 aliphatic heterocycles. The van der Waals surface area contributed by atoms with Gasteiger partial charge in [-0.05, 0) is 60.2 Å². The van der Waals surface area contributed by atoms with Gasteiger partial charge in [-0.1, -0.05) is 185 Å². The first-order valence-electron chi connectivity index (χ1n) is 20.7. The van der Waals surface area contributed by atoms with Gasteiger partial charge in [0.2, 0.25) is 0 Å². The Morgan fingerprint density at radius 1 is 0.370 bits per heavy atom. The Balaban J connectivity index is 3.77. The van der Waals surface area contributed by atoms with Crippen LogP contribution in [-0.4, -0.2) is 37.6 Å². The fourth-order valence-electron chi connectivity index (χ4n) is 6.96. The molecule has 0 aromatic rings. The summed E-state index contributed by atoms with van der Waals surface area (Å²) >= 11 is 0. The van der Waals surface area contributed by atoms with Gasteiger partial charge in [0.05, 0.1) is 13.2 Å². The molecule has 0 aliphatic rings. The van der Waals surface area contributed by atoms with Crippen LogP contribution in [0.25, 0.3) is 0 Å². The largest absolute Gasteiger partial charge is 0.394 e. The summed E-state index contributed by atoms with van der Waals surface area (Å²) in [5, 5.41) is 9.78. The summed E-state index contributed by atoms with van der Waals surface area (Å²) in [6, 6.07) is 0. The number of ether oxygens (including phenoxy) is 2. The van der Waals surface area contributed by atoms with Crippen LogP contribution < -0.4 is 0 Å². The van der Waals surface area contributed by atoms with Crippen LogP contribution in [0.2, 0.25) is 0 Å². The molecular formula is C43H88O3. The first kappa shape index (κ1) is 45.9. The fourth-order valence-corrected chi connectivity index (χ4v) is 6.96. The molecule has 6 unspecified atom stereocenters. The molecule has 1 N–H and O–H groups in total. The molecule has 0 fully saturated rings. The van der Waals surface area contributed by atoms with Crippen molar-refractivity contribution in [3.63, 3.8) is 0 Å². The van der Waals surface area contributed by atoms with Crippen molar-refractivity contribution in [3.05, 3.63) is 0 Å².